The fourth-order valence-electron chi connectivity index (χ4n) is 4.05. The molecule has 0 fully saturated rings. The van der Waals surface area contributed by atoms with Gasteiger partial charge < -0.3 is 9.88 Å². The average Bonchev–Trinajstić information content (AvgIpc) is 3.35. The van der Waals surface area contributed by atoms with Gasteiger partial charge in [-0.1, -0.05) is 102 Å². The maximum atomic E-state index is 13.1. The van der Waals surface area contributed by atoms with Crippen molar-refractivity contribution >= 4 is 32.7 Å². The van der Waals surface area contributed by atoms with E-state index in [1.54, 1.807) is 0 Å². The van der Waals surface area contributed by atoms with Gasteiger partial charge in [0.15, 0.2) is 5.13 Å². The molecule has 0 saturated carbocycles. The highest BCUT2D eigenvalue weighted by Gasteiger charge is 2.25. The zero-order valence-electron chi connectivity index (χ0n) is 18.5. The van der Waals surface area contributed by atoms with Crippen LogP contribution in [0.5, 0.6) is 0 Å². The second-order valence-corrected chi connectivity index (χ2v) is 8.89. The Kier molecular flexibility index (Phi) is 6.28. The third kappa shape index (κ3) is 4.51. The van der Waals surface area contributed by atoms with E-state index in [9.17, 15) is 14.5 Å². The molecule has 0 bridgehead atoms. The van der Waals surface area contributed by atoms with E-state index >= 15 is 0 Å². The Bertz CT molecular complexity index is 1510. The molecule has 0 radical (unpaired) electrons. The van der Waals surface area contributed by atoms with Crippen LogP contribution in [0.3, 0.4) is 0 Å². The maximum Gasteiger partial charge on any atom is 0.322 e. The number of aromatic nitrogens is 2. The molecule has 5 rings (SSSR count). The zero-order valence-corrected chi connectivity index (χ0v) is 19.3. The first-order valence-corrected chi connectivity index (χ1v) is 11.8. The third-order valence-electron chi connectivity index (χ3n) is 5.68. The second kappa shape index (κ2) is 9.82. The molecule has 0 unspecified atom stereocenters. The quantitative estimate of drug-likeness (QED) is 0.306. The van der Waals surface area contributed by atoms with Crippen molar-refractivity contribution in [3.8, 4) is 0 Å². The summed E-state index contributed by atoms with van der Waals surface area (Å²) in [6.45, 7) is 0.525. The van der Waals surface area contributed by atoms with Crippen molar-refractivity contribution in [3.63, 3.8) is 0 Å². The SMILES string of the molecule is O=NC(=O)c1cn(C(c2ccccc2)c2ccccc2)c2sc(NCc3ccccc3)nc2c1=O. The summed E-state index contributed by atoms with van der Waals surface area (Å²) in [7, 11) is 0. The lowest BCUT2D eigenvalue weighted by Crippen LogP contribution is -2.21. The molecule has 0 aliphatic carbocycles. The van der Waals surface area contributed by atoms with Crippen LogP contribution < -0.4 is 10.7 Å². The summed E-state index contributed by atoms with van der Waals surface area (Å²) < 4.78 is 1.84. The number of carbonyl (C=O) groups excluding carboxylic acids is 1. The van der Waals surface area contributed by atoms with Gasteiger partial charge in [-0.3, -0.25) is 9.59 Å². The second-order valence-electron chi connectivity index (χ2n) is 7.91. The number of thiazole rings is 1. The van der Waals surface area contributed by atoms with Crippen LogP contribution in [0, 0.1) is 4.91 Å². The average molecular weight is 481 g/mol. The Hall–Kier alpha value is -4.43. The summed E-state index contributed by atoms with van der Waals surface area (Å²) in [6.07, 6.45) is 1.43. The number of nitrogens with zero attached hydrogens (tertiary/aromatic N) is 3. The minimum Gasteiger partial charge on any atom is -0.357 e. The summed E-state index contributed by atoms with van der Waals surface area (Å²) in [5, 5.41) is 6.32. The number of benzene rings is 3. The number of amides is 1. The first-order chi connectivity index (χ1) is 17.2. The molecule has 7 nitrogen and oxygen atoms in total. The largest absolute Gasteiger partial charge is 0.357 e. The Morgan fingerprint density at radius 3 is 2.06 bits per heavy atom. The molecule has 2 heterocycles. The highest BCUT2D eigenvalue weighted by atomic mass is 32.1. The van der Waals surface area contributed by atoms with Gasteiger partial charge in [0.1, 0.15) is 15.9 Å². The smallest absolute Gasteiger partial charge is 0.322 e. The Balaban J connectivity index is 1.71. The molecule has 5 aromatic rings. The summed E-state index contributed by atoms with van der Waals surface area (Å²) in [5.41, 5.74) is 2.18. The fraction of sp³-hybridized carbons (Fsp3) is 0.0741. The molecule has 0 atom stereocenters. The van der Waals surface area contributed by atoms with Crippen LogP contribution in [-0.4, -0.2) is 15.5 Å². The van der Waals surface area contributed by atoms with Gasteiger partial charge in [-0.2, -0.15) is 0 Å². The summed E-state index contributed by atoms with van der Waals surface area (Å²) in [4.78, 5) is 41.7. The van der Waals surface area contributed by atoms with Gasteiger partial charge in [0.25, 0.3) is 0 Å². The van der Waals surface area contributed by atoms with Crippen molar-refractivity contribution in [2.45, 2.75) is 12.6 Å². The first kappa shape index (κ1) is 22.4. The maximum absolute atomic E-state index is 13.1. The summed E-state index contributed by atoms with van der Waals surface area (Å²) in [6, 6.07) is 29.0. The van der Waals surface area contributed by atoms with Gasteiger partial charge in [-0.05, 0) is 16.7 Å². The van der Waals surface area contributed by atoms with Crippen molar-refractivity contribution in [2.24, 2.45) is 5.18 Å². The number of carbonyl (C=O) groups is 1. The predicted octanol–water partition coefficient (Wildman–Crippen LogP) is 5.61. The molecule has 1 N–H and O–H groups in total. The van der Waals surface area contributed by atoms with Crippen molar-refractivity contribution in [1.29, 1.82) is 0 Å². The van der Waals surface area contributed by atoms with E-state index < -0.39 is 11.3 Å². The number of pyridine rings is 1. The summed E-state index contributed by atoms with van der Waals surface area (Å²) >= 11 is 1.32. The number of fused-ring (bicyclic) bond motifs is 1. The van der Waals surface area contributed by atoms with Crippen LogP contribution in [0.4, 0.5) is 5.13 Å². The summed E-state index contributed by atoms with van der Waals surface area (Å²) in [5.74, 6) is -1.11. The van der Waals surface area contributed by atoms with Crippen LogP contribution in [0.1, 0.15) is 33.1 Å². The lowest BCUT2D eigenvalue weighted by molar-refractivity contribution is 0.0999. The van der Waals surface area contributed by atoms with E-state index in [0.717, 1.165) is 16.7 Å². The predicted molar refractivity (Wildman–Crippen MR) is 138 cm³/mol. The molecule has 0 aliphatic rings. The minimum absolute atomic E-state index is 0.122. The molecule has 2 aromatic heterocycles. The van der Waals surface area contributed by atoms with Crippen molar-refractivity contribution < 1.29 is 4.79 Å². The molecule has 8 heteroatoms. The molecular weight excluding hydrogens is 460 g/mol. The van der Waals surface area contributed by atoms with E-state index in [1.807, 2.05) is 95.6 Å². The number of anilines is 1. The van der Waals surface area contributed by atoms with E-state index in [-0.39, 0.29) is 17.1 Å². The fourth-order valence-corrected chi connectivity index (χ4v) is 5.01. The van der Waals surface area contributed by atoms with E-state index in [1.165, 1.54) is 17.5 Å². The molecule has 172 valence electrons. The number of hydrogen-bond acceptors (Lipinski definition) is 6. The van der Waals surface area contributed by atoms with Gasteiger partial charge in [-0.15, -0.1) is 4.91 Å². The van der Waals surface area contributed by atoms with E-state index in [0.29, 0.717) is 16.5 Å². The van der Waals surface area contributed by atoms with Gasteiger partial charge in [-0.25, -0.2) is 4.98 Å². The molecule has 0 aliphatic heterocycles. The molecule has 0 spiro atoms. The monoisotopic (exact) mass is 480 g/mol. The van der Waals surface area contributed by atoms with Gasteiger partial charge >= 0.3 is 5.91 Å². The van der Waals surface area contributed by atoms with Crippen LogP contribution in [0.15, 0.2) is 107 Å². The van der Waals surface area contributed by atoms with Gasteiger partial charge in [0, 0.05) is 17.9 Å². The van der Waals surface area contributed by atoms with E-state index in [2.05, 4.69) is 15.5 Å². The zero-order chi connectivity index (χ0) is 24.2. The Morgan fingerprint density at radius 1 is 0.914 bits per heavy atom. The minimum atomic E-state index is -1.11. The van der Waals surface area contributed by atoms with Crippen LogP contribution in [-0.2, 0) is 6.54 Å². The van der Waals surface area contributed by atoms with E-state index in [4.69, 9.17) is 0 Å². The standard InChI is InChI=1S/C27H20N4O3S/c32-24-21(25(33)30-34)17-31(23(19-12-6-2-7-13-19)20-14-8-3-9-15-20)26-22(24)29-27(35-26)28-16-18-10-4-1-5-11-18/h1-15,17,23H,16H2,(H,28,29). The van der Waals surface area contributed by atoms with Crippen LogP contribution in [0.25, 0.3) is 10.3 Å². The number of nitrogens with one attached hydrogen (secondary N) is 1. The molecule has 35 heavy (non-hydrogen) atoms. The van der Waals surface area contributed by atoms with Crippen LogP contribution >= 0.6 is 11.3 Å². The number of rotatable bonds is 7. The topological polar surface area (TPSA) is 93.4 Å². The Morgan fingerprint density at radius 2 is 1.49 bits per heavy atom. The van der Waals surface area contributed by atoms with Crippen molar-refractivity contribution in [3.05, 3.63) is 135 Å². The Labute approximate surface area is 204 Å². The van der Waals surface area contributed by atoms with Gasteiger partial charge in [0.2, 0.25) is 5.43 Å². The van der Waals surface area contributed by atoms with Crippen molar-refractivity contribution in [1.82, 2.24) is 9.55 Å². The molecule has 0 saturated heterocycles. The van der Waals surface area contributed by atoms with Crippen LogP contribution in [0.2, 0.25) is 0 Å². The lowest BCUT2D eigenvalue weighted by Gasteiger charge is -2.23. The highest BCUT2D eigenvalue weighted by Crippen LogP contribution is 2.33. The van der Waals surface area contributed by atoms with Crippen molar-refractivity contribution in [2.75, 3.05) is 5.32 Å². The molecular formula is C27H20N4O3S. The molecule has 3 aromatic carbocycles. The highest BCUT2D eigenvalue weighted by molar-refractivity contribution is 7.21. The normalized spacial score (nSPS) is 11.0. The first-order valence-electron chi connectivity index (χ1n) is 11.0. The number of hydrogen-bond donors (Lipinski definition) is 1. The molecule has 1 amide bonds. The van der Waals surface area contributed by atoms with Gasteiger partial charge in [0.05, 0.1) is 6.04 Å². The lowest BCUT2D eigenvalue weighted by atomic mass is 9.98. The third-order valence-corrected chi connectivity index (χ3v) is 6.71. The number of nitroso groups, excluding NO2 is 1.